The Kier molecular flexibility index (Phi) is 2.88. The summed E-state index contributed by atoms with van der Waals surface area (Å²) in [6, 6.07) is 4.08. The highest BCUT2D eigenvalue weighted by Crippen LogP contribution is 2.44. The molecule has 1 unspecified atom stereocenters. The minimum Gasteiger partial charge on any atom is -0.328 e. The van der Waals surface area contributed by atoms with Crippen molar-refractivity contribution in [1.29, 1.82) is 0 Å². The Hall–Kier alpha value is -0.410. The van der Waals surface area contributed by atoms with E-state index in [1.54, 1.807) is 11.3 Å². The minimum absolute atomic E-state index is 0.184. The molecule has 2 rings (SSSR count). The van der Waals surface area contributed by atoms with Crippen LogP contribution in [0.15, 0.2) is 17.5 Å². The molecular formula is C11H16FNS. The van der Waals surface area contributed by atoms with Gasteiger partial charge in [0.25, 0.3) is 0 Å². The van der Waals surface area contributed by atoms with Gasteiger partial charge in [0.1, 0.15) is 5.67 Å². The highest BCUT2D eigenvalue weighted by atomic mass is 32.1. The number of aryl methyl sites for hydroxylation is 1. The maximum atomic E-state index is 14.2. The first-order valence-electron chi connectivity index (χ1n) is 5.16. The molecule has 1 nitrogen and oxygen atoms in total. The summed E-state index contributed by atoms with van der Waals surface area (Å²) in [5, 5.41) is 2.04. The average Bonchev–Trinajstić information content (AvgIpc) is 2.94. The molecule has 1 aliphatic carbocycles. The SMILES string of the molecule is NCC(F)(CCc1cccs1)C1CC1. The van der Waals surface area contributed by atoms with Crippen LogP contribution in [0.4, 0.5) is 4.39 Å². The number of alkyl halides is 1. The molecule has 0 aliphatic heterocycles. The third-order valence-corrected chi connectivity index (χ3v) is 3.95. The van der Waals surface area contributed by atoms with Crippen molar-refractivity contribution in [2.75, 3.05) is 6.54 Å². The van der Waals surface area contributed by atoms with Crippen molar-refractivity contribution in [3.63, 3.8) is 0 Å². The van der Waals surface area contributed by atoms with E-state index in [-0.39, 0.29) is 12.5 Å². The summed E-state index contributed by atoms with van der Waals surface area (Å²) in [5.41, 5.74) is 4.42. The van der Waals surface area contributed by atoms with E-state index in [1.165, 1.54) is 4.88 Å². The van der Waals surface area contributed by atoms with Crippen molar-refractivity contribution >= 4 is 11.3 Å². The molecule has 1 aromatic heterocycles. The first-order valence-corrected chi connectivity index (χ1v) is 6.04. The summed E-state index contributed by atoms with van der Waals surface area (Å²) >= 11 is 1.70. The maximum Gasteiger partial charge on any atom is 0.126 e. The van der Waals surface area contributed by atoms with Crippen molar-refractivity contribution in [1.82, 2.24) is 0 Å². The van der Waals surface area contributed by atoms with Gasteiger partial charge in [-0.15, -0.1) is 11.3 Å². The molecule has 2 N–H and O–H groups in total. The topological polar surface area (TPSA) is 26.0 Å². The number of thiophene rings is 1. The van der Waals surface area contributed by atoms with Gasteiger partial charge in [-0.25, -0.2) is 4.39 Å². The van der Waals surface area contributed by atoms with E-state index in [4.69, 9.17) is 5.73 Å². The van der Waals surface area contributed by atoms with Crippen LogP contribution in [0.5, 0.6) is 0 Å². The normalized spacial score (nSPS) is 20.7. The molecule has 0 radical (unpaired) electrons. The van der Waals surface area contributed by atoms with Gasteiger partial charge in [-0.3, -0.25) is 0 Å². The van der Waals surface area contributed by atoms with Gasteiger partial charge in [-0.1, -0.05) is 6.07 Å². The average molecular weight is 213 g/mol. The molecule has 0 saturated heterocycles. The summed E-state index contributed by atoms with van der Waals surface area (Å²) in [7, 11) is 0. The second-order valence-corrected chi connectivity index (χ2v) is 5.12. The lowest BCUT2D eigenvalue weighted by Gasteiger charge is -2.22. The molecule has 78 valence electrons. The first kappa shape index (κ1) is 10.1. The smallest absolute Gasteiger partial charge is 0.126 e. The molecule has 1 aromatic rings. The second-order valence-electron chi connectivity index (χ2n) is 4.09. The maximum absolute atomic E-state index is 14.2. The van der Waals surface area contributed by atoms with Gasteiger partial charge >= 0.3 is 0 Å². The van der Waals surface area contributed by atoms with E-state index in [9.17, 15) is 4.39 Å². The number of halogens is 1. The highest BCUT2D eigenvalue weighted by Gasteiger charge is 2.44. The predicted octanol–water partition coefficient (Wildman–Crippen LogP) is 2.76. The van der Waals surface area contributed by atoms with Gasteiger partial charge in [0.15, 0.2) is 0 Å². The Morgan fingerprint density at radius 3 is 2.86 bits per heavy atom. The number of nitrogens with two attached hydrogens (primary N) is 1. The fourth-order valence-electron chi connectivity index (χ4n) is 1.86. The molecule has 0 bridgehead atoms. The Labute approximate surface area is 88.1 Å². The third-order valence-electron chi connectivity index (χ3n) is 3.02. The van der Waals surface area contributed by atoms with Crippen molar-refractivity contribution in [2.24, 2.45) is 11.7 Å². The van der Waals surface area contributed by atoms with E-state index in [0.717, 1.165) is 19.3 Å². The molecule has 1 saturated carbocycles. The zero-order valence-electron chi connectivity index (χ0n) is 8.21. The van der Waals surface area contributed by atoms with Gasteiger partial charge < -0.3 is 5.73 Å². The Balaban J connectivity index is 1.89. The van der Waals surface area contributed by atoms with E-state index < -0.39 is 5.67 Å². The van der Waals surface area contributed by atoms with Crippen molar-refractivity contribution in [3.8, 4) is 0 Å². The molecule has 0 amide bonds. The van der Waals surface area contributed by atoms with Gasteiger partial charge in [0.05, 0.1) is 0 Å². The van der Waals surface area contributed by atoms with Crippen LogP contribution in [-0.4, -0.2) is 12.2 Å². The molecule has 1 fully saturated rings. The van der Waals surface area contributed by atoms with E-state index in [1.807, 2.05) is 11.4 Å². The summed E-state index contributed by atoms with van der Waals surface area (Å²) in [5.74, 6) is 0.243. The number of rotatable bonds is 5. The Bertz CT molecular complexity index is 281. The molecule has 1 heterocycles. The van der Waals surface area contributed by atoms with Crippen LogP contribution in [0.25, 0.3) is 0 Å². The summed E-state index contributed by atoms with van der Waals surface area (Å²) in [4.78, 5) is 1.26. The largest absolute Gasteiger partial charge is 0.328 e. The standard InChI is InChI=1S/C11H16FNS/c12-11(8-13,9-3-4-9)6-5-10-2-1-7-14-10/h1-2,7,9H,3-6,8,13H2. The molecule has 1 atom stereocenters. The molecule has 1 aliphatic rings. The van der Waals surface area contributed by atoms with Crippen LogP contribution in [0.3, 0.4) is 0 Å². The molecule has 0 spiro atoms. The van der Waals surface area contributed by atoms with Crippen LogP contribution >= 0.6 is 11.3 Å². The van der Waals surface area contributed by atoms with Crippen molar-refractivity contribution in [2.45, 2.75) is 31.4 Å². The molecule has 14 heavy (non-hydrogen) atoms. The Morgan fingerprint density at radius 1 is 1.57 bits per heavy atom. The second kappa shape index (κ2) is 3.99. The van der Waals surface area contributed by atoms with Crippen molar-refractivity contribution < 1.29 is 4.39 Å². The fourth-order valence-corrected chi connectivity index (χ4v) is 2.57. The monoisotopic (exact) mass is 213 g/mol. The highest BCUT2D eigenvalue weighted by molar-refractivity contribution is 7.09. The van der Waals surface area contributed by atoms with Gasteiger partial charge in [-0.05, 0) is 43.0 Å². The lowest BCUT2D eigenvalue weighted by molar-refractivity contribution is 0.130. The van der Waals surface area contributed by atoms with Gasteiger partial charge in [0, 0.05) is 11.4 Å². The van der Waals surface area contributed by atoms with Crippen LogP contribution in [0.1, 0.15) is 24.1 Å². The van der Waals surface area contributed by atoms with E-state index in [0.29, 0.717) is 6.42 Å². The predicted molar refractivity (Wildman–Crippen MR) is 58.3 cm³/mol. The lowest BCUT2D eigenvalue weighted by atomic mass is 9.94. The van der Waals surface area contributed by atoms with Gasteiger partial charge in [-0.2, -0.15) is 0 Å². The van der Waals surface area contributed by atoms with Crippen LogP contribution < -0.4 is 5.73 Å². The molecular weight excluding hydrogens is 197 g/mol. The minimum atomic E-state index is -1.09. The summed E-state index contributed by atoms with van der Waals surface area (Å²) in [6.07, 6.45) is 3.48. The van der Waals surface area contributed by atoms with Crippen LogP contribution in [0, 0.1) is 5.92 Å². The fraction of sp³-hybridized carbons (Fsp3) is 0.636. The zero-order valence-corrected chi connectivity index (χ0v) is 9.02. The van der Waals surface area contributed by atoms with Crippen LogP contribution in [-0.2, 0) is 6.42 Å². The van der Waals surface area contributed by atoms with E-state index in [2.05, 4.69) is 6.07 Å². The van der Waals surface area contributed by atoms with Gasteiger partial charge in [0.2, 0.25) is 0 Å². The first-order chi connectivity index (χ1) is 6.74. The number of hydrogen-bond donors (Lipinski definition) is 1. The lowest BCUT2D eigenvalue weighted by Crippen LogP contribution is -2.35. The third kappa shape index (κ3) is 2.15. The Morgan fingerprint density at radius 2 is 2.36 bits per heavy atom. The zero-order chi connectivity index (χ0) is 10.0. The van der Waals surface area contributed by atoms with Crippen molar-refractivity contribution in [3.05, 3.63) is 22.4 Å². The molecule has 0 aromatic carbocycles. The molecule has 3 heteroatoms. The number of hydrogen-bond acceptors (Lipinski definition) is 2. The summed E-state index contributed by atoms with van der Waals surface area (Å²) in [6.45, 7) is 0.184. The van der Waals surface area contributed by atoms with E-state index >= 15 is 0 Å². The quantitative estimate of drug-likeness (QED) is 0.799. The van der Waals surface area contributed by atoms with Crippen LogP contribution in [0.2, 0.25) is 0 Å². The summed E-state index contributed by atoms with van der Waals surface area (Å²) < 4.78 is 14.2.